The van der Waals surface area contributed by atoms with Crippen LogP contribution in [0.1, 0.15) is 28.2 Å². The summed E-state index contributed by atoms with van der Waals surface area (Å²) in [7, 11) is 1.81. The molecule has 0 bridgehead atoms. The Balaban J connectivity index is -0.000000107. The lowest BCUT2D eigenvalue weighted by Gasteiger charge is -2.15. The maximum absolute atomic E-state index is 10.8. The Bertz CT molecular complexity index is 100. The van der Waals surface area contributed by atoms with Crippen molar-refractivity contribution >= 4 is 5.78 Å². The zero-order valence-corrected chi connectivity index (χ0v) is 8.56. The van der Waals surface area contributed by atoms with Gasteiger partial charge in [-0.2, -0.15) is 0 Å². The van der Waals surface area contributed by atoms with Crippen LogP contribution in [0.2, 0.25) is 0 Å². The Labute approximate surface area is 78.8 Å². The number of carbonyl (C=O) groups excluding carboxylic acids is 1. The lowest BCUT2D eigenvalue weighted by Crippen LogP contribution is -2.36. The maximum Gasteiger partial charge on any atom is 0.146 e. The van der Waals surface area contributed by atoms with Gasteiger partial charge in [-0.15, -0.1) is 0 Å². The second-order valence-corrected chi connectivity index (χ2v) is 2.62. The van der Waals surface area contributed by atoms with Gasteiger partial charge >= 0.3 is 0 Å². The van der Waals surface area contributed by atoms with Crippen molar-refractivity contribution in [2.45, 2.75) is 34.2 Å². The fraction of sp³-hybridized carbons (Fsp3) is 0.700. The normalized spacial score (nSPS) is 10.4. The summed E-state index contributed by atoms with van der Waals surface area (Å²) in [4.78, 5) is 10.8. The zero-order valence-electron chi connectivity index (χ0n) is 8.56. The fourth-order valence-electron chi connectivity index (χ4n) is 1.01. The van der Waals surface area contributed by atoms with E-state index < -0.39 is 0 Å². The zero-order chi connectivity index (χ0) is 7.44. The molecule has 0 rings (SSSR count). The maximum atomic E-state index is 10.8. The molecule has 0 amide bonds. The Hall–Kier alpha value is -0.500. The molecule has 2 heteroatoms. The van der Waals surface area contributed by atoms with E-state index in [1.165, 1.54) is 0 Å². The fourth-order valence-corrected chi connectivity index (χ4v) is 1.01. The molecule has 1 unspecified atom stereocenters. The SMILES string of the molecule is C.CNC(C(C)=O)C(C)C.[CH3+].[CH3-]. The number of ketones is 1. The van der Waals surface area contributed by atoms with Gasteiger partial charge in [-0.05, 0) is 19.9 Å². The molecule has 12 heavy (non-hydrogen) atoms. The molecule has 0 fully saturated rings. The van der Waals surface area contributed by atoms with E-state index >= 15 is 0 Å². The summed E-state index contributed by atoms with van der Waals surface area (Å²) in [6, 6.07) is 0.0324. The van der Waals surface area contributed by atoms with E-state index in [1.54, 1.807) is 6.92 Å². The van der Waals surface area contributed by atoms with Gasteiger partial charge in [0.05, 0.1) is 6.04 Å². The van der Waals surface area contributed by atoms with Crippen LogP contribution >= 0.6 is 0 Å². The number of carbonyl (C=O) groups is 1. The van der Waals surface area contributed by atoms with E-state index in [0.29, 0.717) is 5.92 Å². The molecule has 0 aromatic heterocycles. The van der Waals surface area contributed by atoms with Crippen LogP contribution in [0.5, 0.6) is 0 Å². The van der Waals surface area contributed by atoms with Crippen molar-refractivity contribution in [1.29, 1.82) is 0 Å². The van der Waals surface area contributed by atoms with Crippen LogP contribution in [0.4, 0.5) is 0 Å². The molecule has 0 saturated carbocycles. The summed E-state index contributed by atoms with van der Waals surface area (Å²) in [6.45, 7) is 5.67. The highest BCUT2D eigenvalue weighted by molar-refractivity contribution is 5.81. The van der Waals surface area contributed by atoms with Crippen molar-refractivity contribution in [3.63, 3.8) is 0 Å². The Kier molecular flexibility index (Phi) is 19.7. The van der Waals surface area contributed by atoms with E-state index in [9.17, 15) is 4.79 Å². The van der Waals surface area contributed by atoms with Gasteiger partial charge in [0.25, 0.3) is 0 Å². The van der Waals surface area contributed by atoms with Gasteiger partial charge in [0.15, 0.2) is 0 Å². The van der Waals surface area contributed by atoms with Gasteiger partial charge in [0.1, 0.15) is 5.78 Å². The van der Waals surface area contributed by atoms with Gasteiger partial charge in [0.2, 0.25) is 0 Å². The molecule has 0 aromatic rings. The summed E-state index contributed by atoms with van der Waals surface area (Å²) >= 11 is 0. The molecule has 0 aromatic carbocycles. The summed E-state index contributed by atoms with van der Waals surface area (Å²) < 4.78 is 0. The van der Waals surface area contributed by atoms with Crippen LogP contribution in [0.3, 0.4) is 0 Å². The molecule has 0 spiro atoms. The van der Waals surface area contributed by atoms with Crippen LogP contribution in [0.25, 0.3) is 0 Å². The van der Waals surface area contributed by atoms with Crippen LogP contribution in [0.15, 0.2) is 0 Å². The van der Waals surface area contributed by atoms with E-state index in [2.05, 4.69) is 5.32 Å². The average molecular weight is 175 g/mol. The Morgan fingerprint density at radius 1 is 1.33 bits per heavy atom. The monoisotopic (exact) mass is 175 g/mol. The van der Waals surface area contributed by atoms with Gasteiger partial charge in [-0.25, -0.2) is 0 Å². The molecular formula is C10H25NO. The topological polar surface area (TPSA) is 29.1 Å². The average Bonchev–Trinajstić information content (AvgIpc) is 1.64. The molecule has 2 nitrogen and oxygen atoms in total. The summed E-state index contributed by atoms with van der Waals surface area (Å²) in [6.07, 6.45) is 0. The molecule has 1 atom stereocenters. The minimum Gasteiger partial charge on any atom is -0.358 e. The first-order chi connectivity index (χ1) is 4.09. The first kappa shape index (κ1) is 22.5. The standard InChI is InChI=1S/C7H15NO.CH4.2CH3/c1-5(2)7(8-4)6(3)9;;;/h5,7-8H,1-4H3;1H4;2*1H3/q;;-1;+1. The van der Waals surface area contributed by atoms with E-state index in [-0.39, 0.29) is 34.1 Å². The third-order valence-corrected chi connectivity index (χ3v) is 1.42. The molecule has 0 radical (unpaired) electrons. The van der Waals surface area contributed by atoms with Gasteiger partial charge in [-0.3, -0.25) is 4.79 Å². The minimum absolute atomic E-state index is 0. The smallest absolute Gasteiger partial charge is 0.146 e. The molecule has 1 N–H and O–H groups in total. The van der Waals surface area contributed by atoms with Crippen LogP contribution in [-0.2, 0) is 4.79 Å². The van der Waals surface area contributed by atoms with Gasteiger partial charge in [-0.1, -0.05) is 21.3 Å². The van der Waals surface area contributed by atoms with Crippen molar-refractivity contribution in [3.8, 4) is 0 Å². The summed E-state index contributed by atoms with van der Waals surface area (Å²) in [5.41, 5.74) is 0. The predicted molar refractivity (Wildman–Crippen MR) is 57.9 cm³/mol. The Morgan fingerprint density at radius 2 is 1.67 bits per heavy atom. The molecule has 0 heterocycles. The van der Waals surface area contributed by atoms with Gasteiger partial charge in [0, 0.05) is 7.43 Å². The van der Waals surface area contributed by atoms with Crippen molar-refractivity contribution in [3.05, 3.63) is 14.9 Å². The molecule has 76 valence electrons. The second kappa shape index (κ2) is 10.5. The van der Waals surface area contributed by atoms with Crippen LogP contribution < -0.4 is 5.32 Å². The van der Waals surface area contributed by atoms with Crippen molar-refractivity contribution < 1.29 is 4.79 Å². The molecule has 0 aliphatic carbocycles. The van der Waals surface area contributed by atoms with Crippen molar-refractivity contribution in [1.82, 2.24) is 5.32 Å². The first-order valence-corrected chi connectivity index (χ1v) is 3.27. The molecular weight excluding hydrogens is 150 g/mol. The third kappa shape index (κ3) is 7.61. The van der Waals surface area contributed by atoms with Crippen molar-refractivity contribution in [2.24, 2.45) is 5.92 Å². The lowest BCUT2D eigenvalue weighted by atomic mass is 10.0. The Morgan fingerprint density at radius 3 is 1.67 bits per heavy atom. The van der Waals surface area contributed by atoms with E-state index in [4.69, 9.17) is 0 Å². The highest BCUT2D eigenvalue weighted by Crippen LogP contribution is 2.00. The predicted octanol–water partition coefficient (Wildman–Crippen LogP) is 2.36. The van der Waals surface area contributed by atoms with E-state index in [0.717, 1.165) is 0 Å². The molecule has 0 saturated heterocycles. The minimum atomic E-state index is 0. The highest BCUT2D eigenvalue weighted by Gasteiger charge is 2.14. The largest absolute Gasteiger partial charge is 0.358 e. The number of rotatable bonds is 3. The highest BCUT2D eigenvalue weighted by atomic mass is 16.1. The number of hydrogen-bond donors (Lipinski definition) is 1. The van der Waals surface area contributed by atoms with Crippen LogP contribution in [-0.4, -0.2) is 18.9 Å². The number of nitrogens with one attached hydrogen (secondary N) is 1. The first-order valence-electron chi connectivity index (χ1n) is 3.27. The summed E-state index contributed by atoms with van der Waals surface area (Å²) in [5, 5.41) is 2.95. The van der Waals surface area contributed by atoms with Gasteiger partial charge < -0.3 is 12.7 Å². The molecule has 0 aliphatic rings. The van der Waals surface area contributed by atoms with Crippen LogP contribution in [0, 0.1) is 20.8 Å². The third-order valence-electron chi connectivity index (χ3n) is 1.42. The second-order valence-electron chi connectivity index (χ2n) is 2.62. The summed E-state index contributed by atoms with van der Waals surface area (Å²) in [5.74, 6) is 0.611. The quantitative estimate of drug-likeness (QED) is 0.667. The van der Waals surface area contributed by atoms with Crippen molar-refractivity contribution in [2.75, 3.05) is 7.05 Å². The lowest BCUT2D eigenvalue weighted by molar-refractivity contribution is -0.119. The molecule has 0 aliphatic heterocycles. The number of likely N-dealkylation sites (N-methyl/N-ethyl adjacent to an activating group) is 1. The number of Topliss-reactive ketones (excluding diaryl/α,β-unsaturated/α-hetero) is 1. The van der Waals surface area contributed by atoms with E-state index in [1.807, 2.05) is 20.9 Å². The number of hydrogen-bond acceptors (Lipinski definition) is 2.